The van der Waals surface area contributed by atoms with Gasteiger partial charge in [-0.1, -0.05) is 37.6 Å². The highest BCUT2D eigenvalue weighted by molar-refractivity contribution is 5.99. The average molecular weight is 230 g/mol. The molecule has 90 valence electrons. The normalized spacial score (nSPS) is 17.5. The first-order valence-electron chi connectivity index (χ1n) is 6.13. The highest BCUT2D eigenvalue weighted by atomic mass is 16.2. The SMILES string of the molecule is CCCCc1ccccc1/C=C1\CNNC1=O. The van der Waals surface area contributed by atoms with Crippen LogP contribution in [0.3, 0.4) is 0 Å². The topological polar surface area (TPSA) is 41.1 Å². The van der Waals surface area contributed by atoms with Crippen molar-refractivity contribution in [2.75, 3.05) is 6.54 Å². The molecule has 17 heavy (non-hydrogen) atoms. The molecule has 1 aromatic rings. The number of hydrazine groups is 1. The highest BCUT2D eigenvalue weighted by Crippen LogP contribution is 2.16. The Labute approximate surface area is 102 Å². The van der Waals surface area contributed by atoms with E-state index in [1.165, 1.54) is 18.4 Å². The van der Waals surface area contributed by atoms with Crippen molar-refractivity contribution < 1.29 is 4.79 Å². The summed E-state index contributed by atoms with van der Waals surface area (Å²) in [6.07, 6.45) is 5.43. The summed E-state index contributed by atoms with van der Waals surface area (Å²) in [7, 11) is 0. The third kappa shape index (κ3) is 2.94. The van der Waals surface area contributed by atoms with Crippen molar-refractivity contribution in [1.82, 2.24) is 10.9 Å². The van der Waals surface area contributed by atoms with Crippen LogP contribution in [0.1, 0.15) is 30.9 Å². The highest BCUT2D eigenvalue weighted by Gasteiger charge is 2.15. The predicted molar refractivity (Wildman–Crippen MR) is 69.2 cm³/mol. The summed E-state index contributed by atoms with van der Waals surface area (Å²) in [6.45, 7) is 2.79. The van der Waals surface area contributed by atoms with E-state index in [-0.39, 0.29) is 5.91 Å². The second-order valence-electron chi connectivity index (χ2n) is 4.28. The molecular weight excluding hydrogens is 212 g/mol. The summed E-state index contributed by atoms with van der Waals surface area (Å²) in [5, 5.41) is 0. The van der Waals surface area contributed by atoms with Crippen LogP contribution in [0.2, 0.25) is 0 Å². The van der Waals surface area contributed by atoms with Crippen LogP contribution in [0.4, 0.5) is 0 Å². The molecule has 0 aliphatic carbocycles. The molecule has 0 atom stereocenters. The molecule has 0 spiro atoms. The Kier molecular flexibility index (Phi) is 3.94. The first-order chi connectivity index (χ1) is 8.31. The summed E-state index contributed by atoms with van der Waals surface area (Å²) in [6, 6.07) is 8.29. The van der Waals surface area contributed by atoms with Crippen LogP contribution in [0.15, 0.2) is 29.8 Å². The molecule has 2 rings (SSSR count). The van der Waals surface area contributed by atoms with Gasteiger partial charge in [0.1, 0.15) is 0 Å². The number of carbonyl (C=O) groups excluding carboxylic acids is 1. The van der Waals surface area contributed by atoms with E-state index in [4.69, 9.17) is 0 Å². The van der Waals surface area contributed by atoms with E-state index in [9.17, 15) is 4.79 Å². The minimum absolute atomic E-state index is 0.0182. The molecule has 1 amide bonds. The lowest BCUT2D eigenvalue weighted by atomic mass is 10.00. The quantitative estimate of drug-likeness (QED) is 0.777. The van der Waals surface area contributed by atoms with E-state index in [0.29, 0.717) is 6.54 Å². The molecule has 3 nitrogen and oxygen atoms in total. The van der Waals surface area contributed by atoms with Gasteiger partial charge < -0.3 is 0 Å². The van der Waals surface area contributed by atoms with Crippen molar-refractivity contribution in [3.8, 4) is 0 Å². The molecule has 1 aliphatic heterocycles. The van der Waals surface area contributed by atoms with Gasteiger partial charge in [0.05, 0.1) is 0 Å². The third-order valence-corrected chi connectivity index (χ3v) is 2.96. The van der Waals surface area contributed by atoms with Crippen LogP contribution in [-0.2, 0) is 11.2 Å². The number of carbonyl (C=O) groups is 1. The van der Waals surface area contributed by atoms with Gasteiger partial charge in [-0.2, -0.15) is 0 Å². The zero-order valence-electron chi connectivity index (χ0n) is 10.1. The van der Waals surface area contributed by atoms with Crippen molar-refractivity contribution in [3.05, 3.63) is 41.0 Å². The molecule has 0 bridgehead atoms. The second kappa shape index (κ2) is 5.64. The maximum Gasteiger partial charge on any atom is 0.262 e. The van der Waals surface area contributed by atoms with E-state index < -0.39 is 0 Å². The fourth-order valence-electron chi connectivity index (χ4n) is 1.95. The van der Waals surface area contributed by atoms with E-state index in [1.807, 2.05) is 12.1 Å². The summed E-state index contributed by atoms with van der Waals surface area (Å²) in [5.41, 5.74) is 8.72. The van der Waals surface area contributed by atoms with E-state index in [0.717, 1.165) is 17.6 Å². The molecular formula is C14H18N2O. The van der Waals surface area contributed by atoms with Crippen LogP contribution < -0.4 is 10.9 Å². The minimum atomic E-state index is -0.0182. The lowest BCUT2D eigenvalue weighted by Gasteiger charge is -2.05. The first-order valence-corrected chi connectivity index (χ1v) is 6.13. The number of nitrogens with one attached hydrogen (secondary N) is 2. The van der Waals surface area contributed by atoms with Crippen molar-refractivity contribution in [1.29, 1.82) is 0 Å². The number of unbranched alkanes of at least 4 members (excludes halogenated alkanes) is 1. The number of aryl methyl sites for hydroxylation is 1. The molecule has 2 N–H and O–H groups in total. The Morgan fingerprint density at radius 3 is 2.88 bits per heavy atom. The van der Waals surface area contributed by atoms with Crippen LogP contribution in [0.5, 0.6) is 0 Å². The Balaban J connectivity index is 2.22. The largest absolute Gasteiger partial charge is 0.287 e. The number of hydrogen-bond donors (Lipinski definition) is 2. The zero-order chi connectivity index (χ0) is 12.1. The van der Waals surface area contributed by atoms with Gasteiger partial charge in [-0.05, 0) is 30.0 Å². The van der Waals surface area contributed by atoms with Gasteiger partial charge >= 0.3 is 0 Å². The number of benzene rings is 1. The van der Waals surface area contributed by atoms with Gasteiger partial charge in [0.25, 0.3) is 5.91 Å². The van der Waals surface area contributed by atoms with Crippen LogP contribution >= 0.6 is 0 Å². The maximum atomic E-state index is 11.5. The molecule has 0 radical (unpaired) electrons. The van der Waals surface area contributed by atoms with Crippen molar-refractivity contribution >= 4 is 12.0 Å². The Bertz CT molecular complexity index is 438. The predicted octanol–water partition coefficient (Wildman–Crippen LogP) is 2.05. The lowest BCUT2D eigenvalue weighted by molar-refractivity contribution is -0.116. The summed E-state index contributed by atoms with van der Waals surface area (Å²) in [5.74, 6) is -0.0182. The Morgan fingerprint density at radius 1 is 1.35 bits per heavy atom. The minimum Gasteiger partial charge on any atom is -0.287 e. The van der Waals surface area contributed by atoms with Gasteiger partial charge in [-0.15, -0.1) is 0 Å². The standard InChI is InChI=1S/C14H18N2O/c1-2-3-6-11-7-4-5-8-12(11)9-13-10-15-16-14(13)17/h4-5,7-9,15H,2-3,6,10H2,1H3,(H,16,17)/b13-9+. The second-order valence-corrected chi connectivity index (χ2v) is 4.28. The molecule has 1 heterocycles. The Hall–Kier alpha value is -1.61. The van der Waals surface area contributed by atoms with E-state index in [1.54, 1.807) is 0 Å². The van der Waals surface area contributed by atoms with E-state index in [2.05, 4.69) is 36.0 Å². The molecule has 3 heteroatoms. The van der Waals surface area contributed by atoms with Gasteiger partial charge in [0, 0.05) is 12.1 Å². The third-order valence-electron chi connectivity index (χ3n) is 2.96. The van der Waals surface area contributed by atoms with Gasteiger partial charge in [-0.3, -0.25) is 10.2 Å². The number of amides is 1. The monoisotopic (exact) mass is 230 g/mol. The van der Waals surface area contributed by atoms with Gasteiger partial charge in [0.15, 0.2) is 0 Å². The fourth-order valence-corrected chi connectivity index (χ4v) is 1.95. The molecule has 0 unspecified atom stereocenters. The number of hydrogen-bond acceptors (Lipinski definition) is 2. The lowest BCUT2D eigenvalue weighted by Crippen LogP contribution is -2.25. The molecule has 1 saturated heterocycles. The van der Waals surface area contributed by atoms with Crippen molar-refractivity contribution in [2.24, 2.45) is 0 Å². The zero-order valence-corrected chi connectivity index (χ0v) is 10.1. The summed E-state index contributed by atoms with van der Waals surface area (Å²) >= 11 is 0. The summed E-state index contributed by atoms with van der Waals surface area (Å²) < 4.78 is 0. The fraction of sp³-hybridized carbons (Fsp3) is 0.357. The average Bonchev–Trinajstić information content (AvgIpc) is 2.74. The molecule has 1 aromatic carbocycles. The van der Waals surface area contributed by atoms with Crippen LogP contribution in [0.25, 0.3) is 6.08 Å². The summed E-state index contributed by atoms with van der Waals surface area (Å²) in [4.78, 5) is 11.5. The Morgan fingerprint density at radius 2 is 2.18 bits per heavy atom. The van der Waals surface area contributed by atoms with Gasteiger partial charge in [0.2, 0.25) is 0 Å². The van der Waals surface area contributed by atoms with Crippen molar-refractivity contribution in [3.63, 3.8) is 0 Å². The van der Waals surface area contributed by atoms with Crippen LogP contribution in [0, 0.1) is 0 Å². The smallest absolute Gasteiger partial charge is 0.262 e. The molecule has 0 aromatic heterocycles. The van der Waals surface area contributed by atoms with Crippen LogP contribution in [-0.4, -0.2) is 12.5 Å². The molecule has 1 aliphatic rings. The van der Waals surface area contributed by atoms with Gasteiger partial charge in [-0.25, -0.2) is 5.43 Å². The van der Waals surface area contributed by atoms with Crippen molar-refractivity contribution in [2.45, 2.75) is 26.2 Å². The number of rotatable bonds is 4. The first kappa shape index (κ1) is 11.9. The van der Waals surface area contributed by atoms with E-state index >= 15 is 0 Å². The maximum absolute atomic E-state index is 11.5. The molecule has 0 saturated carbocycles. The molecule has 1 fully saturated rings.